The Kier molecular flexibility index (Phi) is 3.98. The molecule has 1 aromatic rings. The highest BCUT2D eigenvalue weighted by Crippen LogP contribution is 2.46. The summed E-state index contributed by atoms with van der Waals surface area (Å²) in [6, 6.07) is 0. The van der Waals surface area contributed by atoms with Gasteiger partial charge in [0.15, 0.2) is 0 Å². The Balaban J connectivity index is 1.71. The molecule has 2 aliphatic carbocycles. The van der Waals surface area contributed by atoms with Crippen molar-refractivity contribution in [1.82, 2.24) is 10.2 Å². The zero-order valence-corrected chi connectivity index (χ0v) is 12.9. The van der Waals surface area contributed by atoms with Crippen LogP contribution in [0.1, 0.15) is 62.6 Å². The molecule has 2 saturated carbocycles. The number of nitrogens with zero attached hydrogens (tertiary/aromatic N) is 2. The van der Waals surface area contributed by atoms with Gasteiger partial charge in [-0.2, -0.15) is 0 Å². The lowest BCUT2D eigenvalue weighted by Gasteiger charge is -2.38. The summed E-state index contributed by atoms with van der Waals surface area (Å²) in [5.74, 6) is 2.78. The van der Waals surface area contributed by atoms with E-state index >= 15 is 0 Å². The standard InChI is InChI=1S/C13H17Cl3N2O/c14-13(15,16)12-18-17-11(19-12)10-6-5-8-3-1-2-4-9(8)7-10/h8-10H,1-7H2. The quantitative estimate of drug-likeness (QED) is 0.685. The molecule has 2 fully saturated rings. The van der Waals surface area contributed by atoms with Crippen molar-refractivity contribution in [3.63, 3.8) is 0 Å². The third kappa shape index (κ3) is 3.03. The molecule has 0 saturated heterocycles. The number of halogens is 3. The second-order valence-electron chi connectivity index (χ2n) is 5.76. The average molecular weight is 324 g/mol. The first-order chi connectivity index (χ1) is 9.04. The van der Waals surface area contributed by atoms with Gasteiger partial charge in [-0.15, -0.1) is 10.2 Å². The van der Waals surface area contributed by atoms with Gasteiger partial charge in [-0.1, -0.05) is 60.5 Å². The van der Waals surface area contributed by atoms with Gasteiger partial charge >= 0.3 is 0 Å². The predicted octanol–water partition coefficient (Wildman–Crippen LogP) is 4.97. The lowest BCUT2D eigenvalue weighted by atomic mass is 9.67. The van der Waals surface area contributed by atoms with E-state index in [-0.39, 0.29) is 5.89 Å². The van der Waals surface area contributed by atoms with Crippen molar-refractivity contribution in [1.29, 1.82) is 0 Å². The third-order valence-corrected chi connectivity index (χ3v) is 5.06. The summed E-state index contributed by atoms with van der Waals surface area (Å²) >= 11 is 17.3. The van der Waals surface area contributed by atoms with Gasteiger partial charge in [0.05, 0.1) is 0 Å². The van der Waals surface area contributed by atoms with E-state index in [2.05, 4.69) is 10.2 Å². The molecule has 3 rings (SSSR count). The first-order valence-electron chi connectivity index (χ1n) is 6.94. The fourth-order valence-electron chi connectivity index (χ4n) is 3.61. The molecule has 3 unspecified atom stereocenters. The van der Waals surface area contributed by atoms with E-state index in [4.69, 9.17) is 39.2 Å². The van der Waals surface area contributed by atoms with Crippen LogP contribution in [0.3, 0.4) is 0 Å². The maximum absolute atomic E-state index is 5.76. The molecule has 1 heterocycles. The summed E-state index contributed by atoms with van der Waals surface area (Å²) < 4.78 is 3.93. The van der Waals surface area contributed by atoms with Crippen LogP contribution in [0, 0.1) is 11.8 Å². The molecule has 0 bridgehead atoms. The Morgan fingerprint density at radius 2 is 1.68 bits per heavy atom. The Bertz CT molecular complexity index is 443. The number of hydrogen-bond donors (Lipinski definition) is 0. The second kappa shape index (κ2) is 5.42. The van der Waals surface area contributed by atoms with Crippen LogP contribution in [0.25, 0.3) is 0 Å². The van der Waals surface area contributed by atoms with E-state index in [9.17, 15) is 0 Å². The molecule has 0 aliphatic heterocycles. The van der Waals surface area contributed by atoms with Crippen LogP contribution in [0.4, 0.5) is 0 Å². The van der Waals surface area contributed by atoms with Crippen molar-refractivity contribution >= 4 is 34.8 Å². The van der Waals surface area contributed by atoms with Crippen LogP contribution in [0.15, 0.2) is 4.42 Å². The van der Waals surface area contributed by atoms with Gasteiger partial charge in [-0.25, -0.2) is 0 Å². The van der Waals surface area contributed by atoms with Gasteiger partial charge in [0.25, 0.3) is 9.68 Å². The topological polar surface area (TPSA) is 38.9 Å². The van der Waals surface area contributed by atoms with Crippen molar-refractivity contribution < 1.29 is 4.42 Å². The molecule has 0 spiro atoms. The number of hydrogen-bond acceptors (Lipinski definition) is 3. The molecule has 0 radical (unpaired) electrons. The highest BCUT2D eigenvalue weighted by Gasteiger charge is 2.36. The molecule has 3 nitrogen and oxygen atoms in total. The molecule has 3 atom stereocenters. The zero-order valence-electron chi connectivity index (χ0n) is 10.6. The second-order valence-corrected chi connectivity index (χ2v) is 8.04. The van der Waals surface area contributed by atoms with Crippen molar-refractivity contribution in [3.05, 3.63) is 11.8 Å². The maximum Gasteiger partial charge on any atom is 0.268 e. The number of alkyl halides is 3. The van der Waals surface area contributed by atoms with Crippen LogP contribution in [0.2, 0.25) is 0 Å². The SMILES string of the molecule is ClC(Cl)(Cl)c1nnc(C2CCC3CCCCC3C2)o1. The van der Waals surface area contributed by atoms with Crippen molar-refractivity contribution in [2.75, 3.05) is 0 Å². The molecule has 1 aromatic heterocycles. The molecule has 19 heavy (non-hydrogen) atoms. The number of fused-ring (bicyclic) bond motifs is 1. The Morgan fingerprint density at radius 1 is 0.947 bits per heavy atom. The molecular formula is C13H17Cl3N2O. The van der Waals surface area contributed by atoms with Gasteiger partial charge in [-0.3, -0.25) is 0 Å². The van der Waals surface area contributed by atoms with Gasteiger partial charge in [0, 0.05) is 5.92 Å². The summed E-state index contributed by atoms with van der Waals surface area (Å²) in [5.41, 5.74) is 0. The molecule has 2 aliphatic rings. The molecule has 6 heteroatoms. The fourth-order valence-corrected chi connectivity index (χ4v) is 3.84. The maximum atomic E-state index is 5.76. The highest BCUT2D eigenvalue weighted by molar-refractivity contribution is 6.66. The van der Waals surface area contributed by atoms with E-state index in [0.717, 1.165) is 24.7 Å². The van der Waals surface area contributed by atoms with Crippen LogP contribution >= 0.6 is 34.8 Å². The van der Waals surface area contributed by atoms with E-state index in [1.165, 1.54) is 32.1 Å². The third-order valence-electron chi connectivity index (χ3n) is 4.57. The zero-order chi connectivity index (χ0) is 13.5. The van der Waals surface area contributed by atoms with Crippen LogP contribution in [-0.2, 0) is 3.79 Å². The fraction of sp³-hybridized carbons (Fsp3) is 0.846. The Hall–Kier alpha value is 0.01000. The Morgan fingerprint density at radius 3 is 2.37 bits per heavy atom. The molecular weight excluding hydrogens is 307 g/mol. The van der Waals surface area contributed by atoms with Gasteiger partial charge < -0.3 is 4.42 Å². The van der Waals surface area contributed by atoms with Crippen LogP contribution < -0.4 is 0 Å². The Labute approximate surface area is 128 Å². The normalized spacial score (nSPS) is 32.1. The predicted molar refractivity (Wildman–Crippen MR) is 75.6 cm³/mol. The summed E-state index contributed by atoms with van der Waals surface area (Å²) in [7, 11) is 0. The lowest BCUT2D eigenvalue weighted by molar-refractivity contribution is 0.145. The van der Waals surface area contributed by atoms with Crippen molar-refractivity contribution in [3.8, 4) is 0 Å². The average Bonchev–Trinajstić information content (AvgIpc) is 2.87. The first kappa shape index (κ1) is 14.0. The van der Waals surface area contributed by atoms with Crippen LogP contribution in [0.5, 0.6) is 0 Å². The molecule has 0 N–H and O–H groups in total. The summed E-state index contributed by atoms with van der Waals surface area (Å²) in [4.78, 5) is 0. The van der Waals surface area contributed by atoms with Gasteiger partial charge in [-0.05, 0) is 31.1 Å². The minimum atomic E-state index is -1.62. The van der Waals surface area contributed by atoms with E-state index in [1.54, 1.807) is 0 Å². The van der Waals surface area contributed by atoms with Crippen LogP contribution in [-0.4, -0.2) is 10.2 Å². The van der Waals surface area contributed by atoms with Gasteiger partial charge in [0.2, 0.25) is 5.89 Å². The smallest absolute Gasteiger partial charge is 0.268 e. The lowest BCUT2D eigenvalue weighted by Crippen LogP contribution is -2.26. The largest absolute Gasteiger partial charge is 0.421 e. The molecule has 0 aromatic carbocycles. The minimum Gasteiger partial charge on any atom is -0.421 e. The number of rotatable bonds is 1. The monoisotopic (exact) mass is 322 g/mol. The number of aromatic nitrogens is 2. The van der Waals surface area contributed by atoms with Crippen molar-refractivity contribution in [2.24, 2.45) is 11.8 Å². The first-order valence-corrected chi connectivity index (χ1v) is 8.08. The summed E-state index contributed by atoms with van der Waals surface area (Å²) in [6.07, 6.45) is 9.00. The minimum absolute atomic E-state index is 0.0817. The van der Waals surface area contributed by atoms with E-state index in [1.807, 2.05) is 0 Å². The molecule has 106 valence electrons. The summed E-state index contributed by atoms with van der Waals surface area (Å²) in [6.45, 7) is 0. The van der Waals surface area contributed by atoms with E-state index in [0.29, 0.717) is 11.8 Å². The van der Waals surface area contributed by atoms with Gasteiger partial charge in [0.1, 0.15) is 0 Å². The summed E-state index contributed by atoms with van der Waals surface area (Å²) in [5, 5.41) is 7.93. The highest BCUT2D eigenvalue weighted by atomic mass is 35.6. The van der Waals surface area contributed by atoms with Crippen molar-refractivity contribution in [2.45, 2.75) is 54.7 Å². The molecule has 0 amide bonds. The van der Waals surface area contributed by atoms with E-state index < -0.39 is 3.79 Å².